The first-order valence-electron chi connectivity index (χ1n) is 30.6. The molecule has 0 amide bonds. The van der Waals surface area contributed by atoms with Gasteiger partial charge in [-0.3, -0.25) is 9.59 Å². The number of hydrogen-bond acceptors (Lipinski definition) is 6. The minimum atomic E-state index is 0.0838. The molecule has 0 aliphatic carbocycles. The van der Waals surface area contributed by atoms with Gasteiger partial charge in [-0.25, -0.2) is 0 Å². The highest BCUT2D eigenvalue weighted by molar-refractivity contribution is 5.78. The van der Waals surface area contributed by atoms with E-state index in [1.807, 2.05) is 0 Å². The smallest absolute Gasteiger partial charge is 0.308 e. The maximum atomic E-state index is 12.4. The van der Waals surface area contributed by atoms with Gasteiger partial charge in [0.1, 0.15) is 12.1 Å². The van der Waals surface area contributed by atoms with Gasteiger partial charge in [0.2, 0.25) is 0 Å². The lowest BCUT2D eigenvalue weighted by Crippen LogP contribution is -2.29. The Morgan fingerprint density at radius 3 is 1.04 bits per heavy atom. The minimum absolute atomic E-state index is 0.0838. The SMILES string of the molecule is CC=O.CCCC(CC)NCCCCO.CCCCCCCCC(CCCCCC)C(=O)OCCCCCCC.CCCCCCCCC(CCCCCC)C(C)=O.CCCCCCCCCC. The van der Waals surface area contributed by atoms with Crippen LogP contribution in [0.3, 0.4) is 0 Å². The summed E-state index contributed by atoms with van der Waals surface area (Å²) in [5.74, 6) is 1.01. The lowest BCUT2D eigenvalue weighted by atomic mass is 9.91. The van der Waals surface area contributed by atoms with Gasteiger partial charge >= 0.3 is 5.97 Å². The molecule has 6 nitrogen and oxygen atoms in total. The molecule has 0 aliphatic heterocycles. The lowest BCUT2D eigenvalue weighted by molar-refractivity contribution is -0.149. The van der Waals surface area contributed by atoms with Crippen LogP contribution in [-0.4, -0.2) is 48.9 Å². The average molecular weight is 969 g/mol. The lowest BCUT2D eigenvalue weighted by Gasteiger charge is -2.16. The van der Waals surface area contributed by atoms with Crippen LogP contribution < -0.4 is 5.32 Å². The number of ketones is 1. The maximum Gasteiger partial charge on any atom is 0.308 e. The van der Waals surface area contributed by atoms with Gasteiger partial charge in [-0.15, -0.1) is 0 Å². The zero-order chi connectivity index (χ0) is 51.8. The zero-order valence-electron chi connectivity index (χ0n) is 48.7. The number of carbonyl (C=O) groups is 3. The van der Waals surface area contributed by atoms with Crippen molar-refractivity contribution < 1.29 is 24.2 Å². The summed E-state index contributed by atoms with van der Waals surface area (Å²) < 4.78 is 5.60. The second-order valence-corrected chi connectivity index (χ2v) is 20.0. The Balaban J connectivity index is -0.000000269. The number of aliphatic hydroxyl groups is 1. The molecule has 0 radical (unpaired) electrons. The molecule has 3 atom stereocenters. The largest absolute Gasteiger partial charge is 0.465 e. The molecular weight excluding hydrogens is 839 g/mol. The van der Waals surface area contributed by atoms with Crippen LogP contribution >= 0.6 is 0 Å². The molecule has 0 heterocycles. The number of carbonyl (C=O) groups excluding carboxylic acids is 3. The van der Waals surface area contributed by atoms with Crippen LogP contribution in [0.2, 0.25) is 0 Å². The summed E-state index contributed by atoms with van der Waals surface area (Å²) in [6.45, 7) is 25.4. The predicted molar refractivity (Wildman–Crippen MR) is 304 cm³/mol. The van der Waals surface area contributed by atoms with Crippen molar-refractivity contribution in [1.82, 2.24) is 5.32 Å². The van der Waals surface area contributed by atoms with Crippen molar-refractivity contribution >= 4 is 18.0 Å². The highest BCUT2D eigenvalue weighted by Crippen LogP contribution is 2.22. The molecule has 68 heavy (non-hydrogen) atoms. The van der Waals surface area contributed by atoms with Crippen molar-refractivity contribution in [2.24, 2.45) is 11.8 Å². The average Bonchev–Trinajstić information content (AvgIpc) is 3.34. The summed E-state index contributed by atoms with van der Waals surface area (Å²) in [7, 11) is 0. The van der Waals surface area contributed by atoms with E-state index in [4.69, 9.17) is 14.6 Å². The highest BCUT2D eigenvalue weighted by Gasteiger charge is 2.19. The van der Waals surface area contributed by atoms with Gasteiger partial charge in [0.05, 0.1) is 12.5 Å². The van der Waals surface area contributed by atoms with E-state index in [2.05, 4.69) is 67.6 Å². The number of hydrogen-bond donors (Lipinski definition) is 2. The first kappa shape index (κ1) is 75.7. The summed E-state index contributed by atoms with van der Waals surface area (Å²) in [6.07, 6.45) is 54.2. The fraction of sp³-hybridized carbons (Fsp3) is 0.952. The van der Waals surface area contributed by atoms with Gasteiger partial charge in [-0.05, 0) is 78.2 Å². The van der Waals surface area contributed by atoms with E-state index in [1.165, 1.54) is 232 Å². The van der Waals surface area contributed by atoms with Crippen LogP contribution in [0.15, 0.2) is 0 Å². The van der Waals surface area contributed by atoms with E-state index in [0.717, 1.165) is 57.8 Å². The van der Waals surface area contributed by atoms with Gasteiger partial charge in [-0.2, -0.15) is 0 Å². The van der Waals surface area contributed by atoms with Gasteiger partial charge in [0.15, 0.2) is 0 Å². The summed E-state index contributed by atoms with van der Waals surface area (Å²) in [4.78, 5) is 32.8. The zero-order valence-corrected chi connectivity index (χ0v) is 48.7. The van der Waals surface area contributed by atoms with Crippen LogP contribution in [0.1, 0.15) is 346 Å². The van der Waals surface area contributed by atoms with Crippen LogP contribution in [0.5, 0.6) is 0 Å². The second kappa shape index (κ2) is 72.3. The number of unbranched alkanes of at least 4 members (excludes halogenated alkanes) is 28. The maximum absolute atomic E-state index is 12.4. The first-order valence-corrected chi connectivity index (χ1v) is 30.6. The van der Waals surface area contributed by atoms with E-state index >= 15 is 0 Å². The number of rotatable bonds is 47. The van der Waals surface area contributed by atoms with Crippen LogP contribution in [0.25, 0.3) is 0 Å². The molecule has 6 heteroatoms. The van der Waals surface area contributed by atoms with Crippen molar-refractivity contribution in [2.75, 3.05) is 19.8 Å². The summed E-state index contributed by atoms with van der Waals surface area (Å²) >= 11 is 0. The topological polar surface area (TPSA) is 92.7 Å². The molecule has 2 N–H and O–H groups in total. The Morgan fingerprint density at radius 1 is 0.426 bits per heavy atom. The second-order valence-electron chi connectivity index (χ2n) is 20.0. The van der Waals surface area contributed by atoms with E-state index in [-0.39, 0.29) is 11.9 Å². The van der Waals surface area contributed by atoms with Crippen molar-refractivity contribution in [2.45, 2.75) is 352 Å². The Labute approximate surface area is 429 Å². The highest BCUT2D eigenvalue weighted by atomic mass is 16.5. The quantitative estimate of drug-likeness (QED) is 0.0359. The van der Waals surface area contributed by atoms with Gasteiger partial charge < -0.3 is 20.0 Å². The monoisotopic (exact) mass is 968 g/mol. The van der Waals surface area contributed by atoms with Gasteiger partial charge in [0.25, 0.3) is 0 Å². The third kappa shape index (κ3) is 71.3. The van der Waals surface area contributed by atoms with E-state index in [0.29, 0.717) is 31.0 Å². The first-order chi connectivity index (χ1) is 33.1. The fourth-order valence-corrected chi connectivity index (χ4v) is 8.45. The van der Waals surface area contributed by atoms with Crippen molar-refractivity contribution in [1.29, 1.82) is 0 Å². The van der Waals surface area contributed by atoms with Crippen molar-refractivity contribution in [3.63, 3.8) is 0 Å². The van der Waals surface area contributed by atoms with Crippen molar-refractivity contribution in [3.05, 3.63) is 0 Å². The van der Waals surface area contributed by atoms with Crippen LogP contribution in [-0.2, 0) is 19.1 Å². The molecule has 0 spiro atoms. The normalized spacial score (nSPS) is 11.9. The Morgan fingerprint density at radius 2 is 0.735 bits per heavy atom. The number of esters is 1. The molecule has 0 fully saturated rings. The van der Waals surface area contributed by atoms with E-state index < -0.39 is 0 Å². The number of ether oxygens (including phenoxy) is 1. The molecule has 0 bridgehead atoms. The van der Waals surface area contributed by atoms with Crippen LogP contribution in [0, 0.1) is 11.8 Å². The van der Waals surface area contributed by atoms with Gasteiger partial charge in [0, 0.05) is 18.6 Å². The fourth-order valence-electron chi connectivity index (χ4n) is 8.45. The number of nitrogens with one attached hydrogen (secondary N) is 1. The molecule has 0 saturated heterocycles. The number of Topliss-reactive ketones (excluding diaryl/α,β-unsaturated/α-hetero) is 1. The summed E-state index contributed by atoms with van der Waals surface area (Å²) in [5.41, 5.74) is 0. The Hall–Kier alpha value is -1.27. The third-order valence-electron chi connectivity index (χ3n) is 13.1. The summed E-state index contributed by atoms with van der Waals surface area (Å²) in [5, 5.41) is 12.1. The Bertz CT molecular complexity index is 888. The molecule has 0 aromatic rings. The predicted octanol–water partition coefficient (Wildman–Crippen LogP) is 20.0. The van der Waals surface area contributed by atoms with Crippen LogP contribution in [0.4, 0.5) is 0 Å². The van der Waals surface area contributed by atoms with Gasteiger partial charge in [-0.1, -0.05) is 274 Å². The minimum Gasteiger partial charge on any atom is -0.465 e. The standard InChI is InChI=1S/C23H46O2.C17H34O.C10H23NO.C10H22.C2H4O/c1-4-7-10-13-14-17-20-22(19-16-12-9-6-3)23(24)25-21-18-15-11-8-5-2;1-4-6-8-10-11-13-15-17(16(3)18)14-12-9-7-5-2;1-3-7-10(4-2)11-8-5-6-9-12;1-3-5-7-9-10-8-6-4-2;1-2-3/h22H,4-21H2,1-3H3;17H,4-15H2,1-3H3;10-12H,3-9H2,1-2H3;3-10H2,1-2H3;2H,1H3. The molecule has 0 aromatic carbocycles. The molecule has 0 aromatic heterocycles. The molecular formula is C62H129NO5. The third-order valence-corrected chi connectivity index (χ3v) is 13.1. The van der Waals surface area contributed by atoms with E-state index in [9.17, 15) is 9.59 Å². The molecule has 0 rings (SSSR count). The van der Waals surface area contributed by atoms with Crippen molar-refractivity contribution in [3.8, 4) is 0 Å². The molecule has 3 unspecified atom stereocenters. The molecule has 0 saturated carbocycles. The number of aldehydes is 1. The number of aliphatic hydroxyl groups excluding tert-OH is 1. The Kier molecular flexibility index (Phi) is 80.4. The summed E-state index contributed by atoms with van der Waals surface area (Å²) in [6, 6.07) is 0.689. The van der Waals surface area contributed by atoms with E-state index in [1.54, 1.807) is 6.92 Å². The molecule has 0 aliphatic rings. The molecule has 412 valence electrons.